The predicted molar refractivity (Wildman–Crippen MR) is 76.6 cm³/mol. The highest BCUT2D eigenvalue weighted by molar-refractivity contribution is 7.13. The van der Waals surface area contributed by atoms with Crippen LogP contribution >= 0.6 is 11.3 Å². The lowest BCUT2D eigenvalue weighted by atomic mass is 10.1. The number of carbonyl (C=O) groups is 2. The second kappa shape index (κ2) is 6.00. The molecule has 0 aliphatic carbocycles. The third kappa shape index (κ3) is 3.43. The summed E-state index contributed by atoms with van der Waals surface area (Å²) in [7, 11) is 0. The zero-order chi connectivity index (χ0) is 15.6. The summed E-state index contributed by atoms with van der Waals surface area (Å²) in [5.74, 6) is -1.31. The maximum atomic E-state index is 11.1. The van der Waals surface area contributed by atoms with Gasteiger partial charge in [-0.05, 0) is 5.92 Å². The molecule has 0 atom stereocenters. The Bertz CT molecular complexity index is 676. The molecule has 0 radical (unpaired) electrons. The monoisotopic (exact) mass is 309 g/mol. The first-order valence-electron chi connectivity index (χ1n) is 6.27. The van der Waals surface area contributed by atoms with Crippen molar-refractivity contribution in [3.05, 3.63) is 22.5 Å². The SMILES string of the molecule is CC(=O)Nc1nc(Cn2nnc(C(=O)O)c2C(C)C)cs1. The summed E-state index contributed by atoms with van der Waals surface area (Å²) in [5.41, 5.74) is 1.20. The fraction of sp³-hybridized carbons (Fsp3) is 0.417. The van der Waals surface area contributed by atoms with E-state index in [0.717, 1.165) is 0 Å². The number of aromatic nitrogens is 4. The van der Waals surface area contributed by atoms with E-state index < -0.39 is 5.97 Å². The van der Waals surface area contributed by atoms with Crippen LogP contribution in [-0.4, -0.2) is 37.0 Å². The maximum absolute atomic E-state index is 11.1. The molecule has 0 spiro atoms. The summed E-state index contributed by atoms with van der Waals surface area (Å²) in [6, 6.07) is 0. The lowest BCUT2D eigenvalue weighted by Crippen LogP contribution is -2.11. The van der Waals surface area contributed by atoms with Crippen molar-refractivity contribution in [2.75, 3.05) is 5.32 Å². The van der Waals surface area contributed by atoms with Crippen molar-refractivity contribution in [3.63, 3.8) is 0 Å². The van der Waals surface area contributed by atoms with Crippen LogP contribution in [0.3, 0.4) is 0 Å². The van der Waals surface area contributed by atoms with E-state index >= 15 is 0 Å². The van der Waals surface area contributed by atoms with Crippen molar-refractivity contribution in [1.82, 2.24) is 20.0 Å². The van der Waals surface area contributed by atoms with Crippen LogP contribution < -0.4 is 5.32 Å². The number of aromatic carboxylic acids is 1. The number of carboxylic acid groups (broad SMARTS) is 1. The standard InChI is InChI=1S/C12H15N5O3S/c1-6(2)10-9(11(19)20)15-16-17(10)4-8-5-21-12(14-8)13-7(3)18/h5-6H,4H2,1-3H3,(H,19,20)(H,13,14,18). The van der Waals surface area contributed by atoms with Crippen molar-refractivity contribution in [2.24, 2.45) is 0 Å². The normalized spacial score (nSPS) is 10.9. The van der Waals surface area contributed by atoms with E-state index in [0.29, 0.717) is 23.1 Å². The van der Waals surface area contributed by atoms with Crippen LogP contribution in [0.1, 0.15) is 48.6 Å². The van der Waals surface area contributed by atoms with E-state index in [9.17, 15) is 9.59 Å². The Morgan fingerprint density at radius 3 is 2.76 bits per heavy atom. The van der Waals surface area contributed by atoms with Gasteiger partial charge in [-0.3, -0.25) is 4.79 Å². The molecule has 0 saturated carbocycles. The summed E-state index contributed by atoms with van der Waals surface area (Å²) in [4.78, 5) is 26.4. The molecule has 0 aliphatic heterocycles. The largest absolute Gasteiger partial charge is 0.476 e. The molecule has 2 heterocycles. The molecule has 2 aromatic heterocycles. The number of hydrogen-bond donors (Lipinski definition) is 2. The van der Waals surface area contributed by atoms with Gasteiger partial charge in [-0.1, -0.05) is 19.1 Å². The number of nitrogens with one attached hydrogen (secondary N) is 1. The van der Waals surface area contributed by atoms with Crippen molar-refractivity contribution < 1.29 is 14.7 Å². The molecule has 21 heavy (non-hydrogen) atoms. The summed E-state index contributed by atoms with van der Waals surface area (Å²) in [6.07, 6.45) is 0. The lowest BCUT2D eigenvalue weighted by molar-refractivity contribution is -0.114. The Hall–Kier alpha value is -2.29. The number of carbonyl (C=O) groups excluding carboxylic acids is 1. The van der Waals surface area contributed by atoms with Gasteiger partial charge in [0.05, 0.1) is 17.9 Å². The molecule has 0 aromatic carbocycles. The number of rotatable bonds is 5. The molecule has 0 unspecified atom stereocenters. The number of thiazole rings is 1. The summed E-state index contributed by atoms with van der Waals surface area (Å²) < 4.78 is 1.53. The van der Waals surface area contributed by atoms with Crippen LogP contribution in [0.4, 0.5) is 5.13 Å². The van der Waals surface area contributed by atoms with Crippen LogP contribution in [0.5, 0.6) is 0 Å². The second-order valence-electron chi connectivity index (χ2n) is 4.77. The van der Waals surface area contributed by atoms with Crippen LogP contribution in [-0.2, 0) is 11.3 Å². The first-order chi connectivity index (χ1) is 9.88. The van der Waals surface area contributed by atoms with Gasteiger partial charge in [0.25, 0.3) is 0 Å². The molecule has 112 valence electrons. The molecule has 1 amide bonds. The van der Waals surface area contributed by atoms with E-state index in [1.165, 1.54) is 22.9 Å². The minimum absolute atomic E-state index is 0.0282. The Morgan fingerprint density at radius 1 is 1.48 bits per heavy atom. The summed E-state index contributed by atoms with van der Waals surface area (Å²) in [6.45, 7) is 5.48. The molecule has 8 nitrogen and oxygen atoms in total. The molecule has 9 heteroatoms. The average Bonchev–Trinajstić information content (AvgIpc) is 2.96. The molecular weight excluding hydrogens is 294 g/mol. The van der Waals surface area contributed by atoms with Gasteiger partial charge in [0.1, 0.15) is 0 Å². The Morgan fingerprint density at radius 2 is 2.19 bits per heavy atom. The van der Waals surface area contributed by atoms with Gasteiger partial charge in [0, 0.05) is 12.3 Å². The first kappa shape index (κ1) is 15.1. The number of nitrogens with zero attached hydrogens (tertiary/aromatic N) is 4. The molecule has 0 fully saturated rings. The first-order valence-corrected chi connectivity index (χ1v) is 7.15. The van der Waals surface area contributed by atoms with E-state index in [1.54, 1.807) is 5.38 Å². The summed E-state index contributed by atoms with van der Waals surface area (Å²) in [5, 5.41) is 21.6. The quantitative estimate of drug-likeness (QED) is 0.867. The van der Waals surface area contributed by atoms with Crippen molar-refractivity contribution in [2.45, 2.75) is 33.2 Å². The van der Waals surface area contributed by atoms with Crippen molar-refractivity contribution >= 4 is 28.3 Å². The predicted octanol–water partition coefficient (Wildman–Crippen LogP) is 1.56. The number of amides is 1. The smallest absolute Gasteiger partial charge is 0.358 e. The van der Waals surface area contributed by atoms with E-state index in [2.05, 4.69) is 20.6 Å². The van der Waals surface area contributed by atoms with Gasteiger partial charge in [-0.25, -0.2) is 14.5 Å². The van der Waals surface area contributed by atoms with Crippen molar-refractivity contribution in [1.29, 1.82) is 0 Å². The zero-order valence-electron chi connectivity index (χ0n) is 11.8. The Kier molecular flexibility index (Phi) is 4.32. The number of carboxylic acids is 1. The highest BCUT2D eigenvalue weighted by Gasteiger charge is 2.21. The number of anilines is 1. The summed E-state index contributed by atoms with van der Waals surface area (Å²) >= 11 is 1.30. The van der Waals surface area contributed by atoms with Crippen LogP contribution in [0.15, 0.2) is 5.38 Å². The third-order valence-electron chi connectivity index (χ3n) is 2.67. The van der Waals surface area contributed by atoms with Gasteiger partial charge in [0.2, 0.25) is 5.91 Å². The van der Waals surface area contributed by atoms with Crippen LogP contribution in [0.2, 0.25) is 0 Å². The third-order valence-corrected chi connectivity index (χ3v) is 3.48. The average molecular weight is 309 g/mol. The van der Waals surface area contributed by atoms with Gasteiger partial charge in [-0.2, -0.15) is 0 Å². The van der Waals surface area contributed by atoms with E-state index in [1.807, 2.05) is 13.8 Å². The minimum Gasteiger partial charge on any atom is -0.476 e. The minimum atomic E-state index is -1.10. The molecule has 2 N–H and O–H groups in total. The van der Waals surface area contributed by atoms with E-state index in [-0.39, 0.29) is 17.5 Å². The van der Waals surface area contributed by atoms with E-state index in [4.69, 9.17) is 5.11 Å². The molecular formula is C12H15N5O3S. The molecule has 2 rings (SSSR count). The topological polar surface area (TPSA) is 110 Å². The van der Waals surface area contributed by atoms with Gasteiger partial charge in [0.15, 0.2) is 10.8 Å². The zero-order valence-corrected chi connectivity index (χ0v) is 12.6. The van der Waals surface area contributed by atoms with Gasteiger partial charge in [-0.15, -0.1) is 16.4 Å². The fourth-order valence-corrected chi connectivity index (χ4v) is 2.65. The maximum Gasteiger partial charge on any atom is 0.358 e. The fourth-order valence-electron chi connectivity index (χ4n) is 1.90. The highest BCUT2D eigenvalue weighted by atomic mass is 32.1. The Balaban J connectivity index is 2.25. The van der Waals surface area contributed by atoms with Crippen LogP contribution in [0.25, 0.3) is 0 Å². The van der Waals surface area contributed by atoms with Crippen molar-refractivity contribution in [3.8, 4) is 0 Å². The molecule has 0 aliphatic rings. The molecule has 0 bridgehead atoms. The van der Waals surface area contributed by atoms with Crippen LogP contribution in [0, 0.1) is 0 Å². The Labute approximate surface area is 124 Å². The second-order valence-corrected chi connectivity index (χ2v) is 5.62. The number of hydrogen-bond acceptors (Lipinski definition) is 6. The van der Waals surface area contributed by atoms with Gasteiger partial charge < -0.3 is 10.4 Å². The highest BCUT2D eigenvalue weighted by Crippen LogP contribution is 2.21. The lowest BCUT2D eigenvalue weighted by Gasteiger charge is -2.08. The van der Waals surface area contributed by atoms with Gasteiger partial charge >= 0.3 is 5.97 Å². The molecule has 0 saturated heterocycles. The molecule has 2 aromatic rings.